The molecule has 1 fully saturated rings. The van der Waals surface area contributed by atoms with Gasteiger partial charge in [0.15, 0.2) is 0 Å². The fourth-order valence-corrected chi connectivity index (χ4v) is 4.21. The molecule has 1 saturated heterocycles. The molecule has 1 atom stereocenters. The Balaban J connectivity index is 1.75. The van der Waals surface area contributed by atoms with Crippen molar-refractivity contribution in [1.29, 1.82) is 0 Å². The van der Waals surface area contributed by atoms with Gasteiger partial charge in [0, 0.05) is 36.7 Å². The lowest BCUT2D eigenvalue weighted by Crippen LogP contribution is -2.46. The van der Waals surface area contributed by atoms with Crippen molar-refractivity contribution in [3.63, 3.8) is 0 Å². The topological polar surface area (TPSA) is 41.5 Å². The van der Waals surface area contributed by atoms with Gasteiger partial charge in [0.05, 0.1) is 11.2 Å². The summed E-state index contributed by atoms with van der Waals surface area (Å²) >= 11 is 6.45. The zero-order valence-corrected chi connectivity index (χ0v) is 17.0. The molecule has 0 amide bonds. The van der Waals surface area contributed by atoms with Crippen LogP contribution >= 0.6 is 11.6 Å². The molecule has 2 N–H and O–H groups in total. The van der Waals surface area contributed by atoms with E-state index in [1.165, 1.54) is 19.1 Å². The molecule has 0 saturated carbocycles. The Hall–Kier alpha value is -1.60. The van der Waals surface area contributed by atoms with Crippen LogP contribution in [0.1, 0.15) is 36.5 Å². The van der Waals surface area contributed by atoms with Gasteiger partial charge in [-0.2, -0.15) is 13.2 Å². The number of rotatable bonds is 6. The number of hydrogen-bond donors (Lipinski definition) is 2. The third-order valence-corrected chi connectivity index (χ3v) is 5.97. The predicted molar refractivity (Wildman–Crippen MR) is 107 cm³/mol. The first kappa shape index (κ1) is 22.1. The summed E-state index contributed by atoms with van der Waals surface area (Å²) in [5, 5.41) is 14.8. The molecule has 0 aromatic heterocycles. The smallest absolute Gasteiger partial charge is 0.384 e. The van der Waals surface area contributed by atoms with E-state index >= 15 is 0 Å². The molecule has 0 spiro atoms. The minimum atomic E-state index is -4.45. The number of halogens is 4. The van der Waals surface area contributed by atoms with Crippen LogP contribution in [-0.4, -0.2) is 31.4 Å². The summed E-state index contributed by atoms with van der Waals surface area (Å²) in [5.74, 6) is 0. The van der Waals surface area contributed by atoms with Gasteiger partial charge in [0.25, 0.3) is 0 Å². The second-order valence-corrected chi connectivity index (χ2v) is 8.24. The Bertz CT molecular complexity index is 833. The SMILES string of the molecule is CC(O)(CNCC1(c2ccccc2Cl)CCOCC1)c1cccc(C(F)(F)F)c1. The van der Waals surface area contributed by atoms with E-state index in [2.05, 4.69) is 5.32 Å². The molecule has 3 nitrogen and oxygen atoms in total. The summed E-state index contributed by atoms with van der Waals surface area (Å²) in [6.07, 6.45) is -2.90. The Morgan fingerprint density at radius 1 is 1.07 bits per heavy atom. The molecule has 2 aromatic carbocycles. The highest BCUT2D eigenvalue weighted by atomic mass is 35.5. The first-order chi connectivity index (χ1) is 13.6. The molecule has 2 aromatic rings. The standard InChI is InChI=1S/C22H25ClF3NO2/c1-20(28,16-5-4-6-17(13-16)22(24,25)26)14-27-15-21(9-11-29-12-10-21)18-7-2-3-8-19(18)23/h2-8,13,27-28H,9-12,14-15H2,1H3. The molecule has 0 aliphatic carbocycles. The zero-order chi connectivity index (χ0) is 21.1. The lowest BCUT2D eigenvalue weighted by atomic mass is 9.74. The van der Waals surface area contributed by atoms with Crippen LogP contribution < -0.4 is 5.32 Å². The summed E-state index contributed by atoms with van der Waals surface area (Å²) in [7, 11) is 0. The fraction of sp³-hybridized carbons (Fsp3) is 0.455. The van der Waals surface area contributed by atoms with Crippen molar-refractivity contribution in [2.45, 2.75) is 37.0 Å². The van der Waals surface area contributed by atoms with E-state index in [0.29, 0.717) is 24.8 Å². The summed E-state index contributed by atoms with van der Waals surface area (Å²) in [6.45, 7) is 3.38. The van der Waals surface area contributed by atoms with E-state index in [0.717, 1.165) is 30.5 Å². The van der Waals surface area contributed by atoms with Crippen molar-refractivity contribution < 1.29 is 23.0 Å². The van der Waals surface area contributed by atoms with Gasteiger partial charge in [0.2, 0.25) is 0 Å². The summed E-state index contributed by atoms with van der Waals surface area (Å²) in [6, 6.07) is 12.5. The molecule has 0 radical (unpaired) electrons. The first-order valence-corrected chi connectivity index (χ1v) is 9.95. The maximum absolute atomic E-state index is 13.0. The maximum atomic E-state index is 13.0. The molecule has 1 aliphatic heterocycles. The second kappa shape index (κ2) is 8.64. The number of alkyl halides is 3. The van der Waals surface area contributed by atoms with Gasteiger partial charge >= 0.3 is 6.18 Å². The average Bonchev–Trinajstić information content (AvgIpc) is 2.68. The lowest BCUT2D eigenvalue weighted by Gasteiger charge is -2.39. The van der Waals surface area contributed by atoms with Crippen LogP contribution in [0.2, 0.25) is 5.02 Å². The molecule has 1 aliphatic rings. The fourth-order valence-electron chi connectivity index (χ4n) is 3.87. The van der Waals surface area contributed by atoms with Gasteiger partial charge in [-0.25, -0.2) is 0 Å². The third kappa shape index (κ3) is 5.12. The average molecular weight is 428 g/mol. The molecule has 3 rings (SSSR count). The minimum absolute atomic E-state index is 0.112. The van der Waals surface area contributed by atoms with E-state index in [1.54, 1.807) is 0 Å². The number of benzene rings is 2. The summed E-state index contributed by atoms with van der Waals surface area (Å²) < 4.78 is 44.5. The van der Waals surface area contributed by atoms with Gasteiger partial charge in [-0.15, -0.1) is 0 Å². The third-order valence-electron chi connectivity index (χ3n) is 5.64. The van der Waals surface area contributed by atoms with E-state index in [4.69, 9.17) is 16.3 Å². The first-order valence-electron chi connectivity index (χ1n) is 9.58. The largest absolute Gasteiger partial charge is 0.416 e. The van der Waals surface area contributed by atoms with Crippen LogP contribution in [0.3, 0.4) is 0 Å². The number of nitrogens with one attached hydrogen (secondary N) is 1. The van der Waals surface area contributed by atoms with Gasteiger partial charge < -0.3 is 15.2 Å². The molecule has 29 heavy (non-hydrogen) atoms. The minimum Gasteiger partial charge on any atom is -0.384 e. The normalized spacial score (nSPS) is 19.0. The highest BCUT2D eigenvalue weighted by molar-refractivity contribution is 6.31. The van der Waals surface area contributed by atoms with Crippen LogP contribution in [-0.2, 0) is 21.9 Å². The maximum Gasteiger partial charge on any atom is 0.416 e. The summed E-state index contributed by atoms with van der Waals surface area (Å²) in [4.78, 5) is 0. The molecule has 1 unspecified atom stereocenters. The molecule has 0 bridgehead atoms. The quantitative estimate of drug-likeness (QED) is 0.688. The molecular formula is C22H25ClF3NO2. The van der Waals surface area contributed by atoms with Gasteiger partial charge in [-0.3, -0.25) is 0 Å². The van der Waals surface area contributed by atoms with Crippen LogP contribution in [0.5, 0.6) is 0 Å². The van der Waals surface area contributed by atoms with Crippen LogP contribution in [0.25, 0.3) is 0 Å². The number of aliphatic hydroxyl groups is 1. The Morgan fingerprint density at radius 3 is 2.38 bits per heavy atom. The van der Waals surface area contributed by atoms with Gasteiger partial charge in [-0.1, -0.05) is 41.9 Å². The number of ether oxygens (including phenoxy) is 1. The molecular weight excluding hydrogens is 403 g/mol. The van der Waals surface area contributed by atoms with Crippen molar-refractivity contribution >= 4 is 11.6 Å². The van der Waals surface area contributed by atoms with E-state index in [9.17, 15) is 18.3 Å². The molecule has 1 heterocycles. The van der Waals surface area contributed by atoms with Crippen LogP contribution in [0, 0.1) is 0 Å². The highest BCUT2D eigenvalue weighted by Crippen LogP contribution is 2.38. The van der Waals surface area contributed by atoms with Crippen molar-refractivity contribution in [2.24, 2.45) is 0 Å². The van der Waals surface area contributed by atoms with Crippen molar-refractivity contribution in [2.75, 3.05) is 26.3 Å². The highest BCUT2D eigenvalue weighted by Gasteiger charge is 2.37. The Morgan fingerprint density at radius 2 is 1.72 bits per heavy atom. The monoisotopic (exact) mass is 427 g/mol. The van der Waals surface area contributed by atoms with Crippen LogP contribution in [0.4, 0.5) is 13.2 Å². The van der Waals surface area contributed by atoms with E-state index in [1.807, 2.05) is 24.3 Å². The van der Waals surface area contributed by atoms with Crippen molar-refractivity contribution in [3.05, 3.63) is 70.2 Å². The van der Waals surface area contributed by atoms with Crippen molar-refractivity contribution in [3.8, 4) is 0 Å². The molecule has 7 heteroatoms. The molecule has 158 valence electrons. The van der Waals surface area contributed by atoms with Gasteiger partial charge in [-0.05, 0) is 49.1 Å². The number of hydrogen-bond acceptors (Lipinski definition) is 3. The van der Waals surface area contributed by atoms with E-state index in [-0.39, 0.29) is 17.5 Å². The van der Waals surface area contributed by atoms with Gasteiger partial charge in [0.1, 0.15) is 0 Å². The lowest BCUT2D eigenvalue weighted by molar-refractivity contribution is -0.137. The predicted octanol–water partition coefficient (Wildman–Crippen LogP) is 4.90. The summed E-state index contributed by atoms with van der Waals surface area (Å²) in [5.41, 5.74) is -1.23. The van der Waals surface area contributed by atoms with E-state index < -0.39 is 17.3 Å². The Kier molecular flexibility index (Phi) is 6.58. The second-order valence-electron chi connectivity index (χ2n) is 7.83. The Labute approximate surface area is 173 Å². The van der Waals surface area contributed by atoms with Crippen molar-refractivity contribution in [1.82, 2.24) is 5.32 Å². The zero-order valence-electron chi connectivity index (χ0n) is 16.2. The van der Waals surface area contributed by atoms with Crippen LogP contribution in [0.15, 0.2) is 48.5 Å².